The van der Waals surface area contributed by atoms with E-state index in [4.69, 9.17) is 10.5 Å². The highest BCUT2D eigenvalue weighted by atomic mass is 32.2. The fourth-order valence-corrected chi connectivity index (χ4v) is 1.83. The topological polar surface area (TPSA) is 81.4 Å². The van der Waals surface area contributed by atoms with Crippen molar-refractivity contribution in [3.8, 4) is 5.75 Å². The molecule has 0 bridgehead atoms. The van der Waals surface area contributed by atoms with Crippen LogP contribution in [0.2, 0.25) is 0 Å². The number of hydrogen-bond acceptors (Lipinski definition) is 4. The third kappa shape index (κ3) is 4.33. The lowest BCUT2D eigenvalue weighted by molar-refractivity contribution is 0.243. The van der Waals surface area contributed by atoms with Crippen LogP contribution in [0.1, 0.15) is 13.8 Å². The molecule has 0 radical (unpaired) electrons. The third-order valence-electron chi connectivity index (χ3n) is 2.01. The summed E-state index contributed by atoms with van der Waals surface area (Å²) in [5.41, 5.74) is 5.35. The van der Waals surface area contributed by atoms with Gasteiger partial charge in [0.15, 0.2) is 0 Å². The molecule has 6 heteroatoms. The van der Waals surface area contributed by atoms with Gasteiger partial charge in [0, 0.05) is 5.54 Å². The lowest BCUT2D eigenvalue weighted by Crippen LogP contribution is -2.38. The van der Waals surface area contributed by atoms with E-state index >= 15 is 0 Å². The SMILES string of the molecule is CNS(=O)(=O)c1ccc(OCC(C)(C)N)cc1. The van der Waals surface area contributed by atoms with Crippen LogP contribution in [-0.2, 0) is 10.0 Å². The number of sulfonamides is 1. The fraction of sp³-hybridized carbons (Fsp3) is 0.455. The average Bonchev–Trinajstić information content (AvgIpc) is 2.26. The van der Waals surface area contributed by atoms with E-state index in [-0.39, 0.29) is 4.90 Å². The minimum absolute atomic E-state index is 0.208. The summed E-state index contributed by atoms with van der Waals surface area (Å²) in [7, 11) is -2.02. The molecule has 1 aromatic carbocycles. The van der Waals surface area contributed by atoms with Crippen LogP contribution < -0.4 is 15.2 Å². The van der Waals surface area contributed by atoms with Crippen LogP contribution in [0.4, 0.5) is 0 Å². The summed E-state index contributed by atoms with van der Waals surface area (Å²) in [6.45, 7) is 4.07. The van der Waals surface area contributed by atoms with Gasteiger partial charge in [-0.2, -0.15) is 0 Å². The Morgan fingerprint density at radius 2 is 1.82 bits per heavy atom. The largest absolute Gasteiger partial charge is 0.492 e. The van der Waals surface area contributed by atoms with Crippen LogP contribution in [0.25, 0.3) is 0 Å². The van der Waals surface area contributed by atoms with E-state index in [1.807, 2.05) is 13.8 Å². The zero-order valence-electron chi connectivity index (χ0n) is 10.2. The lowest BCUT2D eigenvalue weighted by atomic mass is 10.1. The number of nitrogens with two attached hydrogens (primary N) is 1. The molecule has 5 nitrogen and oxygen atoms in total. The van der Waals surface area contributed by atoms with Crippen LogP contribution in [0.15, 0.2) is 29.2 Å². The summed E-state index contributed by atoms with van der Waals surface area (Å²) in [6.07, 6.45) is 0. The molecule has 0 spiro atoms. The minimum atomic E-state index is -3.39. The molecule has 1 aromatic rings. The highest BCUT2D eigenvalue weighted by Crippen LogP contribution is 2.16. The molecule has 0 aliphatic rings. The standard InChI is InChI=1S/C11H18N2O3S/c1-11(2,12)8-16-9-4-6-10(7-5-9)17(14,15)13-3/h4-7,13H,8,12H2,1-3H3. The van der Waals surface area contributed by atoms with Gasteiger partial charge >= 0.3 is 0 Å². The molecule has 3 N–H and O–H groups in total. The second-order valence-corrected chi connectivity index (χ2v) is 6.34. The highest BCUT2D eigenvalue weighted by Gasteiger charge is 2.13. The molecule has 96 valence electrons. The fourth-order valence-electron chi connectivity index (χ4n) is 1.10. The Balaban J connectivity index is 2.76. The molecule has 0 unspecified atom stereocenters. The first kappa shape index (κ1) is 14.0. The lowest BCUT2D eigenvalue weighted by Gasteiger charge is -2.19. The zero-order valence-corrected chi connectivity index (χ0v) is 11.0. The van der Waals surface area contributed by atoms with Crippen molar-refractivity contribution in [2.75, 3.05) is 13.7 Å². The first-order valence-corrected chi connectivity index (χ1v) is 6.68. The van der Waals surface area contributed by atoms with Gasteiger partial charge in [-0.25, -0.2) is 13.1 Å². The van der Waals surface area contributed by atoms with Gasteiger partial charge < -0.3 is 10.5 Å². The van der Waals surface area contributed by atoms with Crippen molar-refractivity contribution >= 4 is 10.0 Å². The molecule has 17 heavy (non-hydrogen) atoms. The molecule has 0 aliphatic carbocycles. The first-order valence-electron chi connectivity index (χ1n) is 5.20. The summed E-state index contributed by atoms with van der Waals surface area (Å²) in [6, 6.07) is 6.20. The molecule has 0 aromatic heterocycles. The van der Waals surface area contributed by atoms with Gasteiger partial charge in [0.25, 0.3) is 0 Å². The van der Waals surface area contributed by atoms with E-state index in [1.54, 1.807) is 12.1 Å². The van der Waals surface area contributed by atoms with Crippen molar-refractivity contribution in [1.82, 2.24) is 4.72 Å². The Morgan fingerprint density at radius 3 is 2.24 bits per heavy atom. The van der Waals surface area contributed by atoms with Crippen molar-refractivity contribution in [2.24, 2.45) is 5.73 Å². The van der Waals surface area contributed by atoms with E-state index in [2.05, 4.69) is 4.72 Å². The Morgan fingerprint density at radius 1 is 1.29 bits per heavy atom. The quantitative estimate of drug-likeness (QED) is 0.815. The van der Waals surface area contributed by atoms with Gasteiger partial charge in [0.05, 0.1) is 4.90 Å². The third-order valence-corrected chi connectivity index (χ3v) is 3.44. The smallest absolute Gasteiger partial charge is 0.240 e. The predicted octanol–water partition coefficient (Wildman–Crippen LogP) is 0.711. The minimum Gasteiger partial charge on any atom is -0.492 e. The Bertz CT molecular complexity index is 460. The molecular formula is C11H18N2O3S. The maximum Gasteiger partial charge on any atom is 0.240 e. The molecule has 0 aliphatic heterocycles. The van der Waals surface area contributed by atoms with Crippen molar-refractivity contribution in [3.63, 3.8) is 0 Å². The second kappa shape index (κ2) is 5.03. The van der Waals surface area contributed by atoms with Crippen LogP contribution in [-0.4, -0.2) is 27.6 Å². The second-order valence-electron chi connectivity index (χ2n) is 4.46. The van der Waals surface area contributed by atoms with E-state index < -0.39 is 15.6 Å². The Kier molecular flexibility index (Phi) is 4.13. The highest BCUT2D eigenvalue weighted by molar-refractivity contribution is 7.89. The van der Waals surface area contributed by atoms with Crippen LogP contribution in [0.5, 0.6) is 5.75 Å². The number of rotatable bonds is 5. The van der Waals surface area contributed by atoms with Gasteiger partial charge in [-0.1, -0.05) is 0 Å². The average molecular weight is 258 g/mol. The Labute approximate surface area is 102 Å². The molecular weight excluding hydrogens is 240 g/mol. The van der Waals surface area contributed by atoms with Crippen molar-refractivity contribution in [2.45, 2.75) is 24.3 Å². The maximum absolute atomic E-state index is 11.5. The van der Waals surface area contributed by atoms with Crippen molar-refractivity contribution in [1.29, 1.82) is 0 Å². The molecule has 0 saturated heterocycles. The van der Waals surface area contributed by atoms with E-state index in [0.29, 0.717) is 12.4 Å². The van der Waals surface area contributed by atoms with E-state index in [9.17, 15) is 8.42 Å². The van der Waals surface area contributed by atoms with Crippen molar-refractivity contribution in [3.05, 3.63) is 24.3 Å². The summed E-state index contributed by atoms with van der Waals surface area (Å²) >= 11 is 0. The number of benzene rings is 1. The molecule has 1 rings (SSSR count). The normalized spacial score (nSPS) is 12.5. The molecule has 0 amide bonds. The monoisotopic (exact) mass is 258 g/mol. The van der Waals surface area contributed by atoms with Gasteiger partial charge in [-0.05, 0) is 45.2 Å². The van der Waals surface area contributed by atoms with Crippen molar-refractivity contribution < 1.29 is 13.2 Å². The number of ether oxygens (including phenoxy) is 1. The predicted molar refractivity (Wildman–Crippen MR) is 66.4 cm³/mol. The van der Waals surface area contributed by atoms with Gasteiger partial charge in [0.1, 0.15) is 12.4 Å². The Hall–Kier alpha value is -1.11. The molecule has 0 heterocycles. The van der Waals surface area contributed by atoms with Crippen LogP contribution in [0, 0.1) is 0 Å². The summed E-state index contributed by atoms with van der Waals surface area (Å²) in [4.78, 5) is 0.208. The van der Waals surface area contributed by atoms with Crippen LogP contribution in [0.3, 0.4) is 0 Å². The van der Waals surface area contributed by atoms with Gasteiger partial charge in [-0.3, -0.25) is 0 Å². The molecule has 0 saturated carbocycles. The molecule has 0 fully saturated rings. The van der Waals surface area contributed by atoms with Gasteiger partial charge in [0.2, 0.25) is 10.0 Å². The zero-order chi connectivity index (χ0) is 13.1. The molecule has 0 atom stereocenters. The number of hydrogen-bond donors (Lipinski definition) is 2. The van der Waals surface area contributed by atoms with E-state index in [1.165, 1.54) is 19.2 Å². The van der Waals surface area contributed by atoms with Crippen LogP contribution >= 0.6 is 0 Å². The summed E-state index contributed by atoms with van der Waals surface area (Å²) in [5, 5.41) is 0. The van der Waals surface area contributed by atoms with E-state index in [0.717, 1.165) is 0 Å². The summed E-state index contributed by atoms with van der Waals surface area (Å²) in [5.74, 6) is 0.596. The maximum atomic E-state index is 11.5. The number of nitrogens with one attached hydrogen (secondary N) is 1. The summed E-state index contributed by atoms with van der Waals surface area (Å²) < 4.78 is 30.6. The van der Waals surface area contributed by atoms with Gasteiger partial charge in [-0.15, -0.1) is 0 Å². The first-order chi connectivity index (χ1) is 7.74.